The van der Waals surface area contributed by atoms with Crippen molar-refractivity contribution >= 4 is 10.1 Å². The monoisotopic (exact) mass is 213 g/mol. The quantitative estimate of drug-likeness (QED) is 0.325. The average molecular weight is 214 g/mol. The molecule has 0 heterocycles. The Morgan fingerprint density at radius 1 is 1.22 bits per heavy atom. The number of hydrogen-bond acceptors (Lipinski definition) is 3. The summed E-state index contributed by atoms with van der Waals surface area (Å²) in [7, 11) is -6.09. The van der Waals surface area contributed by atoms with E-state index in [0.717, 1.165) is 0 Å². The van der Waals surface area contributed by atoms with Gasteiger partial charge in [0, 0.05) is 19.5 Å². The van der Waals surface area contributed by atoms with E-state index in [2.05, 4.69) is 0 Å². The van der Waals surface area contributed by atoms with Crippen LogP contribution >= 0.6 is 0 Å². The summed E-state index contributed by atoms with van der Waals surface area (Å²) in [6.07, 6.45) is 0. The minimum absolute atomic E-state index is 0. The van der Waals surface area contributed by atoms with Crippen LogP contribution in [0.15, 0.2) is 0 Å². The molecule has 0 saturated heterocycles. The molecule has 0 aromatic carbocycles. The van der Waals surface area contributed by atoms with Gasteiger partial charge in [-0.2, -0.15) is 13.2 Å². The van der Waals surface area contributed by atoms with E-state index in [0.29, 0.717) is 0 Å². The molecular formula is CF3O3SZn-. The predicted octanol–water partition coefficient (Wildman–Crippen LogP) is 0.0489. The van der Waals surface area contributed by atoms with Crippen LogP contribution in [0.4, 0.5) is 13.2 Å². The van der Waals surface area contributed by atoms with Crippen LogP contribution in [0, 0.1) is 0 Å². The minimum Gasteiger partial charge on any atom is -0.741 e. The minimum atomic E-state index is -6.09. The molecule has 0 saturated carbocycles. The molecule has 0 rings (SSSR count). The van der Waals surface area contributed by atoms with Crippen LogP contribution in [-0.4, -0.2) is 18.5 Å². The largest absolute Gasteiger partial charge is 0.741 e. The molecule has 9 heavy (non-hydrogen) atoms. The molecule has 0 aliphatic rings. The van der Waals surface area contributed by atoms with Gasteiger partial charge >= 0.3 is 5.51 Å². The van der Waals surface area contributed by atoms with Crippen LogP contribution in [0.25, 0.3) is 0 Å². The molecule has 0 aromatic heterocycles. The van der Waals surface area contributed by atoms with Gasteiger partial charge in [-0.1, -0.05) is 0 Å². The van der Waals surface area contributed by atoms with Crippen molar-refractivity contribution in [3.8, 4) is 0 Å². The molecule has 0 aliphatic heterocycles. The smallest absolute Gasteiger partial charge is 0.485 e. The first-order valence-corrected chi connectivity index (χ1v) is 2.68. The molecule has 0 N–H and O–H groups in total. The third kappa shape index (κ3) is 3.83. The molecule has 0 fully saturated rings. The van der Waals surface area contributed by atoms with Crippen molar-refractivity contribution in [1.82, 2.24) is 0 Å². The van der Waals surface area contributed by atoms with Crippen molar-refractivity contribution in [2.45, 2.75) is 5.51 Å². The van der Waals surface area contributed by atoms with Gasteiger partial charge < -0.3 is 4.55 Å². The van der Waals surface area contributed by atoms with Gasteiger partial charge in [0.2, 0.25) is 0 Å². The first-order valence-electron chi connectivity index (χ1n) is 1.27. The summed E-state index contributed by atoms with van der Waals surface area (Å²) in [5.74, 6) is 0. The molecule has 0 spiro atoms. The first kappa shape index (κ1) is 12.0. The molecule has 52 valence electrons. The van der Waals surface area contributed by atoms with Crippen molar-refractivity contribution in [2.75, 3.05) is 0 Å². The third-order valence-electron chi connectivity index (χ3n) is 0.283. The molecule has 0 aliphatic carbocycles. The van der Waals surface area contributed by atoms with E-state index < -0.39 is 15.6 Å². The van der Waals surface area contributed by atoms with E-state index in [9.17, 15) is 13.2 Å². The summed E-state index contributed by atoms with van der Waals surface area (Å²) in [5.41, 5.74) is -5.65. The molecule has 0 amide bonds. The zero-order chi connectivity index (χ0) is 7.00. The van der Waals surface area contributed by atoms with E-state index in [1.165, 1.54) is 0 Å². The number of halogens is 3. The third-order valence-corrected chi connectivity index (χ3v) is 0.850. The molecule has 3 nitrogen and oxygen atoms in total. The molecule has 0 atom stereocenters. The second kappa shape index (κ2) is 2.94. The number of alkyl halides is 3. The second-order valence-electron chi connectivity index (χ2n) is 0.900. The Morgan fingerprint density at radius 2 is 1.33 bits per heavy atom. The van der Waals surface area contributed by atoms with Gasteiger partial charge in [-0.3, -0.25) is 0 Å². The van der Waals surface area contributed by atoms with E-state index in [1.807, 2.05) is 0 Å². The topological polar surface area (TPSA) is 57.2 Å². The van der Waals surface area contributed by atoms with Gasteiger partial charge in [-0.15, -0.1) is 0 Å². The van der Waals surface area contributed by atoms with Gasteiger partial charge in [0.15, 0.2) is 10.1 Å². The Kier molecular flexibility index (Phi) is 3.93. The fraction of sp³-hybridized carbons (Fsp3) is 1.00. The summed E-state index contributed by atoms with van der Waals surface area (Å²) < 4.78 is 58.9. The second-order valence-corrected chi connectivity index (χ2v) is 2.27. The van der Waals surface area contributed by atoms with Crippen molar-refractivity contribution in [3.05, 3.63) is 0 Å². The van der Waals surface area contributed by atoms with Crippen molar-refractivity contribution in [2.24, 2.45) is 0 Å². The van der Waals surface area contributed by atoms with E-state index in [1.54, 1.807) is 0 Å². The zero-order valence-corrected chi connectivity index (χ0v) is 7.76. The molecule has 0 bridgehead atoms. The summed E-state index contributed by atoms with van der Waals surface area (Å²) in [5, 5.41) is 0. The predicted molar refractivity (Wildman–Crippen MR) is 15.8 cm³/mol. The number of hydrogen-bond donors (Lipinski definition) is 0. The first-order chi connectivity index (χ1) is 3.25. The fourth-order valence-electron chi connectivity index (χ4n) is 0. The molecular weight excluding hydrogens is 214 g/mol. The summed E-state index contributed by atoms with van der Waals surface area (Å²) in [6, 6.07) is 0. The maximum atomic E-state index is 10.7. The van der Waals surface area contributed by atoms with Gasteiger partial charge in [0.25, 0.3) is 0 Å². The maximum absolute atomic E-state index is 10.7. The van der Waals surface area contributed by atoms with Crippen LogP contribution < -0.4 is 0 Å². The number of rotatable bonds is 0. The Balaban J connectivity index is 0. The summed E-state index contributed by atoms with van der Waals surface area (Å²) in [6.45, 7) is 0. The van der Waals surface area contributed by atoms with Crippen LogP contribution in [-0.2, 0) is 29.6 Å². The van der Waals surface area contributed by atoms with Crippen molar-refractivity contribution < 1.29 is 45.6 Å². The molecule has 8 heteroatoms. The van der Waals surface area contributed by atoms with E-state index >= 15 is 0 Å². The van der Waals surface area contributed by atoms with Gasteiger partial charge in [-0.25, -0.2) is 8.42 Å². The van der Waals surface area contributed by atoms with E-state index in [4.69, 9.17) is 13.0 Å². The van der Waals surface area contributed by atoms with Crippen LogP contribution in [0.5, 0.6) is 0 Å². The summed E-state index contributed by atoms with van der Waals surface area (Å²) in [4.78, 5) is 0. The van der Waals surface area contributed by atoms with Crippen molar-refractivity contribution in [3.63, 3.8) is 0 Å². The van der Waals surface area contributed by atoms with Crippen molar-refractivity contribution in [1.29, 1.82) is 0 Å². The van der Waals surface area contributed by atoms with Crippen LogP contribution in [0.3, 0.4) is 0 Å². The molecule has 0 aromatic rings. The standard InChI is InChI=1S/CHF3O3S.Zn/c2-1(3,4)8(5,6)7;/h(H,5,6,7);/p-1. The Bertz CT molecular complexity index is 168. The Morgan fingerprint density at radius 3 is 1.33 bits per heavy atom. The SMILES string of the molecule is O=S(=O)([O-])C(F)(F)F.[Zn]. The van der Waals surface area contributed by atoms with Gasteiger partial charge in [0.05, 0.1) is 0 Å². The Labute approximate surface area is 61.7 Å². The normalized spacial score (nSPS) is 12.4. The molecule has 0 unspecified atom stereocenters. The van der Waals surface area contributed by atoms with Gasteiger partial charge in [0.1, 0.15) is 0 Å². The maximum Gasteiger partial charge on any atom is 0.485 e. The van der Waals surface area contributed by atoms with Crippen LogP contribution in [0.1, 0.15) is 0 Å². The Hall–Kier alpha value is 0.323. The van der Waals surface area contributed by atoms with E-state index in [-0.39, 0.29) is 19.5 Å². The summed E-state index contributed by atoms with van der Waals surface area (Å²) >= 11 is 0. The van der Waals surface area contributed by atoms with Crippen LogP contribution in [0.2, 0.25) is 0 Å². The zero-order valence-electron chi connectivity index (χ0n) is 3.97. The van der Waals surface area contributed by atoms with Gasteiger partial charge in [-0.05, 0) is 0 Å². The fourth-order valence-corrected chi connectivity index (χ4v) is 0. The average Bonchev–Trinajstić information content (AvgIpc) is 1.25. The molecule has 0 radical (unpaired) electrons.